The second kappa shape index (κ2) is 6.03. The van der Waals surface area contributed by atoms with Crippen molar-refractivity contribution in [3.63, 3.8) is 0 Å². The lowest BCUT2D eigenvalue weighted by Crippen LogP contribution is -2.46. The van der Waals surface area contributed by atoms with Crippen molar-refractivity contribution < 1.29 is 18.6 Å². The van der Waals surface area contributed by atoms with Crippen molar-refractivity contribution in [2.75, 3.05) is 31.7 Å². The third-order valence-electron chi connectivity index (χ3n) is 3.73. The first-order valence-corrected chi connectivity index (χ1v) is 6.65. The van der Waals surface area contributed by atoms with Gasteiger partial charge in [0, 0.05) is 51.8 Å². The number of anilines is 1. The maximum absolute atomic E-state index is 14.0. The zero-order valence-corrected chi connectivity index (χ0v) is 11.5. The maximum atomic E-state index is 14.0. The fourth-order valence-electron chi connectivity index (χ4n) is 2.47. The summed E-state index contributed by atoms with van der Waals surface area (Å²) in [6.45, 7) is 1.14. The first-order valence-electron chi connectivity index (χ1n) is 6.65. The lowest BCUT2D eigenvalue weighted by atomic mass is 9.93. The summed E-state index contributed by atoms with van der Waals surface area (Å²) >= 11 is 0. The molecule has 0 bridgehead atoms. The fraction of sp³-hybridized carbons (Fsp3) is 0.571. The Morgan fingerprint density at radius 3 is 2.55 bits per heavy atom. The molecule has 112 valence electrons. The van der Waals surface area contributed by atoms with Gasteiger partial charge in [0.2, 0.25) is 0 Å². The number of rotatable bonds is 4. The van der Waals surface area contributed by atoms with Crippen LogP contribution in [0.3, 0.4) is 0 Å². The molecule has 4 nitrogen and oxygen atoms in total. The molecule has 6 heteroatoms. The van der Waals surface area contributed by atoms with Gasteiger partial charge in [0.05, 0.1) is 11.3 Å². The Kier molecular flexibility index (Phi) is 4.57. The number of aliphatic hydroxyl groups is 1. The van der Waals surface area contributed by atoms with Gasteiger partial charge in [-0.1, -0.05) is 6.07 Å². The summed E-state index contributed by atoms with van der Waals surface area (Å²) in [5, 5.41) is 10.4. The quantitative estimate of drug-likeness (QED) is 0.878. The summed E-state index contributed by atoms with van der Waals surface area (Å²) < 4.78 is 32.9. The minimum atomic E-state index is -0.928. The topological polar surface area (TPSA) is 58.7 Å². The van der Waals surface area contributed by atoms with E-state index >= 15 is 0 Å². The molecule has 20 heavy (non-hydrogen) atoms. The second-order valence-electron chi connectivity index (χ2n) is 5.27. The van der Waals surface area contributed by atoms with Crippen LogP contribution >= 0.6 is 0 Å². The molecular formula is C14H20F2N2O2. The van der Waals surface area contributed by atoms with Crippen LogP contribution in [0.4, 0.5) is 14.5 Å². The molecule has 1 saturated heterocycles. The van der Waals surface area contributed by atoms with Crippen molar-refractivity contribution >= 4 is 5.69 Å². The van der Waals surface area contributed by atoms with Crippen LogP contribution in [-0.4, -0.2) is 37.5 Å². The molecule has 1 fully saturated rings. The monoisotopic (exact) mass is 286 g/mol. The van der Waals surface area contributed by atoms with E-state index in [1.165, 1.54) is 17.0 Å². The SMILES string of the molecule is CN(CC1(O)CCOCC1)c1ccc(CN)c(F)c1F. The first kappa shape index (κ1) is 15.2. The van der Waals surface area contributed by atoms with E-state index in [0.717, 1.165) is 0 Å². The van der Waals surface area contributed by atoms with Gasteiger partial charge in [-0.25, -0.2) is 8.78 Å². The molecule has 0 saturated carbocycles. The lowest BCUT2D eigenvalue weighted by molar-refractivity contribution is -0.0573. The van der Waals surface area contributed by atoms with E-state index in [0.29, 0.717) is 26.1 Å². The number of halogens is 2. The predicted octanol–water partition coefficient (Wildman–Crippen LogP) is 1.40. The minimum Gasteiger partial charge on any atom is -0.388 e. The zero-order chi connectivity index (χ0) is 14.8. The average Bonchev–Trinajstić information content (AvgIpc) is 2.42. The van der Waals surface area contributed by atoms with Crippen LogP contribution in [-0.2, 0) is 11.3 Å². The lowest BCUT2D eigenvalue weighted by Gasteiger charge is -2.36. The first-order chi connectivity index (χ1) is 9.47. The average molecular weight is 286 g/mol. The highest BCUT2D eigenvalue weighted by atomic mass is 19.2. The molecule has 1 heterocycles. The maximum Gasteiger partial charge on any atom is 0.182 e. The summed E-state index contributed by atoms with van der Waals surface area (Å²) in [7, 11) is 1.63. The summed E-state index contributed by atoms with van der Waals surface area (Å²) in [5.41, 5.74) is 4.68. The van der Waals surface area contributed by atoms with Crippen LogP contribution < -0.4 is 10.6 Å². The van der Waals surface area contributed by atoms with Gasteiger partial charge in [-0.15, -0.1) is 0 Å². The number of benzene rings is 1. The molecule has 3 N–H and O–H groups in total. The highest BCUT2D eigenvalue weighted by Gasteiger charge is 2.32. The van der Waals surface area contributed by atoms with Gasteiger partial charge in [0.15, 0.2) is 11.6 Å². The third kappa shape index (κ3) is 3.08. The van der Waals surface area contributed by atoms with E-state index in [2.05, 4.69) is 0 Å². The molecule has 0 aromatic heterocycles. The molecule has 0 unspecified atom stereocenters. The molecule has 1 aliphatic heterocycles. The summed E-state index contributed by atoms with van der Waals surface area (Å²) in [6.07, 6.45) is 0.977. The number of nitrogens with zero attached hydrogens (tertiary/aromatic N) is 1. The molecule has 1 aliphatic rings. The fourth-order valence-corrected chi connectivity index (χ4v) is 2.47. The molecule has 0 aliphatic carbocycles. The van der Waals surface area contributed by atoms with Crippen molar-refractivity contribution in [1.29, 1.82) is 0 Å². The molecule has 0 amide bonds. The van der Waals surface area contributed by atoms with E-state index in [-0.39, 0.29) is 24.3 Å². The smallest absolute Gasteiger partial charge is 0.182 e. The molecule has 0 radical (unpaired) electrons. The molecule has 2 rings (SSSR count). The van der Waals surface area contributed by atoms with Crippen molar-refractivity contribution in [3.8, 4) is 0 Å². The summed E-state index contributed by atoms with van der Waals surface area (Å²) in [5.74, 6) is -1.85. The standard InChI is InChI=1S/C14H20F2N2O2/c1-18(9-14(19)4-6-20-7-5-14)11-3-2-10(8-17)12(15)13(11)16/h2-3,19H,4-9,17H2,1H3. The van der Waals surface area contributed by atoms with Crippen LogP contribution in [0.5, 0.6) is 0 Å². The van der Waals surface area contributed by atoms with Gasteiger partial charge in [-0.2, -0.15) is 0 Å². The molecule has 0 atom stereocenters. The Labute approximate surface area is 117 Å². The van der Waals surface area contributed by atoms with Gasteiger partial charge in [-0.3, -0.25) is 0 Å². The second-order valence-corrected chi connectivity index (χ2v) is 5.27. The van der Waals surface area contributed by atoms with Crippen molar-refractivity contribution in [3.05, 3.63) is 29.3 Å². The Morgan fingerprint density at radius 2 is 1.95 bits per heavy atom. The van der Waals surface area contributed by atoms with Gasteiger partial charge < -0.3 is 20.5 Å². The Bertz CT molecular complexity index is 476. The van der Waals surface area contributed by atoms with Crippen LogP contribution in [0.2, 0.25) is 0 Å². The van der Waals surface area contributed by atoms with Gasteiger partial charge >= 0.3 is 0 Å². The molecule has 1 aromatic carbocycles. The van der Waals surface area contributed by atoms with E-state index in [9.17, 15) is 13.9 Å². The molecule has 0 spiro atoms. The predicted molar refractivity (Wildman–Crippen MR) is 72.5 cm³/mol. The number of hydrogen-bond donors (Lipinski definition) is 2. The van der Waals surface area contributed by atoms with E-state index in [1.807, 2.05) is 0 Å². The zero-order valence-electron chi connectivity index (χ0n) is 11.5. The van der Waals surface area contributed by atoms with Crippen molar-refractivity contribution in [2.24, 2.45) is 5.73 Å². The third-order valence-corrected chi connectivity index (χ3v) is 3.73. The normalized spacial score (nSPS) is 18.1. The number of nitrogens with two attached hydrogens (primary N) is 1. The Hall–Kier alpha value is -1.24. The van der Waals surface area contributed by atoms with E-state index < -0.39 is 17.2 Å². The highest BCUT2D eigenvalue weighted by Crippen LogP contribution is 2.27. The van der Waals surface area contributed by atoms with E-state index in [4.69, 9.17) is 10.5 Å². The van der Waals surface area contributed by atoms with Crippen LogP contribution in [0.25, 0.3) is 0 Å². The number of hydrogen-bond acceptors (Lipinski definition) is 4. The summed E-state index contributed by atoms with van der Waals surface area (Å²) in [6, 6.07) is 2.96. The summed E-state index contributed by atoms with van der Waals surface area (Å²) in [4.78, 5) is 1.53. The molecule has 1 aromatic rings. The number of ether oxygens (including phenoxy) is 1. The van der Waals surface area contributed by atoms with Gasteiger partial charge in [0.1, 0.15) is 0 Å². The van der Waals surface area contributed by atoms with Crippen molar-refractivity contribution in [1.82, 2.24) is 0 Å². The van der Waals surface area contributed by atoms with Crippen LogP contribution in [0.1, 0.15) is 18.4 Å². The molecular weight excluding hydrogens is 266 g/mol. The Balaban J connectivity index is 2.16. The Morgan fingerprint density at radius 1 is 1.30 bits per heavy atom. The van der Waals surface area contributed by atoms with E-state index in [1.54, 1.807) is 7.05 Å². The van der Waals surface area contributed by atoms with Gasteiger partial charge in [0.25, 0.3) is 0 Å². The van der Waals surface area contributed by atoms with Crippen LogP contribution in [0.15, 0.2) is 12.1 Å². The van der Waals surface area contributed by atoms with Crippen LogP contribution in [0, 0.1) is 11.6 Å². The largest absolute Gasteiger partial charge is 0.388 e. The number of likely N-dealkylation sites (N-methyl/N-ethyl adjacent to an activating group) is 1. The minimum absolute atomic E-state index is 0.0476. The van der Waals surface area contributed by atoms with Crippen molar-refractivity contribution in [2.45, 2.75) is 25.0 Å². The van der Waals surface area contributed by atoms with Gasteiger partial charge in [-0.05, 0) is 6.07 Å². The highest BCUT2D eigenvalue weighted by molar-refractivity contribution is 5.49.